The van der Waals surface area contributed by atoms with Crippen molar-refractivity contribution in [1.82, 2.24) is 20.2 Å². The van der Waals surface area contributed by atoms with Crippen molar-refractivity contribution in [3.63, 3.8) is 0 Å². The van der Waals surface area contributed by atoms with Crippen molar-refractivity contribution in [1.29, 1.82) is 0 Å². The van der Waals surface area contributed by atoms with Gasteiger partial charge in [0.1, 0.15) is 0 Å². The lowest BCUT2D eigenvalue weighted by atomic mass is 10.2. The van der Waals surface area contributed by atoms with Gasteiger partial charge in [-0.15, -0.1) is 10.2 Å². The molecule has 0 aliphatic heterocycles. The van der Waals surface area contributed by atoms with Crippen LogP contribution in [0.4, 0.5) is 5.69 Å². The Morgan fingerprint density at radius 3 is 2.70 bits per heavy atom. The molecule has 0 fully saturated rings. The minimum atomic E-state index is -0.480. The molecule has 0 saturated heterocycles. The third kappa shape index (κ3) is 3.15. The van der Waals surface area contributed by atoms with E-state index in [0.717, 1.165) is 5.56 Å². The molecule has 0 aliphatic rings. The maximum Gasteiger partial charge on any atom is 0.311 e. The van der Waals surface area contributed by atoms with Crippen molar-refractivity contribution < 1.29 is 9.66 Å². The highest BCUT2D eigenvalue weighted by Crippen LogP contribution is 2.27. The van der Waals surface area contributed by atoms with E-state index in [1.807, 2.05) is 30.3 Å². The molecule has 23 heavy (non-hydrogen) atoms. The highest BCUT2D eigenvalue weighted by molar-refractivity contribution is 5.53. The molecule has 0 atom stereocenters. The lowest BCUT2D eigenvalue weighted by Crippen LogP contribution is -2.05. The van der Waals surface area contributed by atoms with Crippen LogP contribution in [0.3, 0.4) is 0 Å². The number of methoxy groups -OCH3 is 1. The third-order valence-corrected chi connectivity index (χ3v) is 3.25. The second-order valence-corrected chi connectivity index (χ2v) is 4.77. The molecule has 0 spiro atoms. The van der Waals surface area contributed by atoms with Crippen LogP contribution >= 0.6 is 0 Å². The summed E-state index contributed by atoms with van der Waals surface area (Å²) < 4.78 is 4.98. The van der Waals surface area contributed by atoms with Crippen LogP contribution in [-0.2, 0) is 6.54 Å². The molecule has 2 aromatic carbocycles. The first-order valence-corrected chi connectivity index (χ1v) is 6.82. The Hall–Kier alpha value is -3.29. The average Bonchev–Trinajstić information content (AvgIpc) is 3.04. The Kier molecular flexibility index (Phi) is 3.96. The predicted octanol–water partition coefficient (Wildman–Crippen LogP) is 2.31. The first-order chi connectivity index (χ1) is 11.2. The number of benzene rings is 2. The lowest BCUT2D eigenvalue weighted by Gasteiger charge is -2.04. The normalized spacial score (nSPS) is 10.5. The lowest BCUT2D eigenvalue weighted by molar-refractivity contribution is -0.385. The van der Waals surface area contributed by atoms with Crippen molar-refractivity contribution in [3.8, 4) is 17.1 Å². The maximum atomic E-state index is 11.0. The zero-order chi connectivity index (χ0) is 16.2. The van der Waals surface area contributed by atoms with Gasteiger partial charge in [0.25, 0.3) is 0 Å². The summed E-state index contributed by atoms with van der Waals surface area (Å²) in [5, 5.41) is 23.3. The van der Waals surface area contributed by atoms with Gasteiger partial charge in [-0.3, -0.25) is 10.1 Å². The van der Waals surface area contributed by atoms with Crippen molar-refractivity contribution in [2.24, 2.45) is 0 Å². The van der Waals surface area contributed by atoms with Crippen LogP contribution in [0.15, 0.2) is 48.5 Å². The molecule has 8 nitrogen and oxygen atoms in total. The topological polar surface area (TPSA) is 96.0 Å². The summed E-state index contributed by atoms with van der Waals surface area (Å²) >= 11 is 0. The van der Waals surface area contributed by atoms with Gasteiger partial charge in [0.2, 0.25) is 5.82 Å². The molecule has 116 valence electrons. The van der Waals surface area contributed by atoms with Crippen molar-refractivity contribution in [3.05, 3.63) is 64.2 Å². The predicted molar refractivity (Wildman–Crippen MR) is 82.0 cm³/mol. The van der Waals surface area contributed by atoms with Crippen LogP contribution in [0.5, 0.6) is 5.75 Å². The molecule has 8 heteroatoms. The molecule has 1 aromatic heterocycles. The molecule has 0 N–H and O–H groups in total. The fraction of sp³-hybridized carbons (Fsp3) is 0.133. The smallest absolute Gasteiger partial charge is 0.311 e. The second-order valence-electron chi connectivity index (χ2n) is 4.77. The number of rotatable bonds is 5. The summed E-state index contributed by atoms with van der Waals surface area (Å²) in [6.07, 6.45) is 0. The van der Waals surface area contributed by atoms with E-state index < -0.39 is 4.92 Å². The van der Waals surface area contributed by atoms with Crippen molar-refractivity contribution in [2.45, 2.75) is 6.54 Å². The fourth-order valence-electron chi connectivity index (χ4n) is 2.15. The van der Waals surface area contributed by atoms with E-state index in [9.17, 15) is 10.1 Å². The van der Waals surface area contributed by atoms with E-state index in [1.54, 1.807) is 12.1 Å². The van der Waals surface area contributed by atoms with Gasteiger partial charge >= 0.3 is 5.69 Å². The quantitative estimate of drug-likeness (QED) is 0.530. The van der Waals surface area contributed by atoms with Gasteiger partial charge < -0.3 is 4.74 Å². The molecule has 0 radical (unpaired) electrons. The second kappa shape index (κ2) is 6.22. The van der Waals surface area contributed by atoms with Gasteiger partial charge in [-0.1, -0.05) is 36.4 Å². The Balaban J connectivity index is 1.84. The number of aromatic nitrogens is 4. The molecule has 0 bridgehead atoms. The number of nitro benzene ring substituents is 1. The minimum absolute atomic E-state index is 0.0894. The molecule has 0 unspecified atom stereocenters. The Morgan fingerprint density at radius 2 is 2.00 bits per heavy atom. The summed E-state index contributed by atoms with van der Waals surface area (Å²) in [6, 6.07) is 14.2. The van der Waals surface area contributed by atoms with Crippen LogP contribution in [0.1, 0.15) is 5.56 Å². The zero-order valence-electron chi connectivity index (χ0n) is 12.3. The minimum Gasteiger partial charge on any atom is -0.490 e. The van der Waals surface area contributed by atoms with Gasteiger partial charge in [-0.2, -0.15) is 4.80 Å². The first-order valence-electron chi connectivity index (χ1n) is 6.82. The molecule has 0 aliphatic carbocycles. The van der Waals surface area contributed by atoms with E-state index in [0.29, 0.717) is 11.4 Å². The number of hydrogen-bond donors (Lipinski definition) is 0. The van der Waals surface area contributed by atoms with E-state index in [2.05, 4.69) is 15.4 Å². The van der Waals surface area contributed by atoms with Crippen LogP contribution in [0.2, 0.25) is 0 Å². The van der Waals surface area contributed by atoms with E-state index in [4.69, 9.17) is 4.74 Å². The van der Waals surface area contributed by atoms with E-state index in [1.165, 1.54) is 18.0 Å². The Labute approximate surface area is 131 Å². The standard InChI is InChI=1S/C15H13N5O3/c1-23-14-8-7-11(9-13(14)20(21)22)10-19-17-15(16-18-19)12-5-3-2-4-6-12/h2-9H,10H2,1H3. The number of nitro groups is 1. The first kappa shape index (κ1) is 14.6. The summed E-state index contributed by atoms with van der Waals surface area (Å²) in [6.45, 7) is 0.282. The maximum absolute atomic E-state index is 11.0. The van der Waals surface area contributed by atoms with Crippen LogP contribution in [0, 0.1) is 10.1 Å². The highest BCUT2D eigenvalue weighted by Gasteiger charge is 2.16. The summed E-state index contributed by atoms with van der Waals surface area (Å²) in [7, 11) is 1.40. The largest absolute Gasteiger partial charge is 0.490 e. The van der Waals surface area contributed by atoms with E-state index in [-0.39, 0.29) is 18.0 Å². The molecule has 0 amide bonds. The molecule has 3 aromatic rings. The number of nitrogens with zero attached hydrogens (tertiary/aromatic N) is 5. The van der Waals surface area contributed by atoms with Gasteiger partial charge in [-0.25, -0.2) is 0 Å². The van der Waals surface area contributed by atoms with Crippen LogP contribution in [0.25, 0.3) is 11.4 Å². The SMILES string of the molecule is COc1ccc(Cn2nnc(-c3ccccc3)n2)cc1[N+](=O)[O-]. The van der Waals surface area contributed by atoms with Gasteiger partial charge in [0.15, 0.2) is 5.75 Å². The number of ether oxygens (including phenoxy) is 1. The summed E-state index contributed by atoms with van der Waals surface area (Å²) in [4.78, 5) is 12.0. The molecule has 3 rings (SSSR count). The highest BCUT2D eigenvalue weighted by atomic mass is 16.6. The summed E-state index contributed by atoms with van der Waals surface area (Å²) in [5.41, 5.74) is 1.46. The van der Waals surface area contributed by atoms with Gasteiger partial charge in [0.05, 0.1) is 18.6 Å². The molecule has 1 heterocycles. The molecular weight excluding hydrogens is 298 g/mol. The number of hydrogen-bond acceptors (Lipinski definition) is 6. The third-order valence-electron chi connectivity index (χ3n) is 3.25. The average molecular weight is 311 g/mol. The summed E-state index contributed by atoms with van der Waals surface area (Å²) in [5.74, 6) is 0.726. The fourth-order valence-corrected chi connectivity index (χ4v) is 2.15. The van der Waals surface area contributed by atoms with Crippen molar-refractivity contribution >= 4 is 5.69 Å². The monoisotopic (exact) mass is 311 g/mol. The van der Waals surface area contributed by atoms with Crippen molar-refractivity contribution in [2.75, 3.05) is 7.11 Å². The number of tetrazole rings is 1. The van der Waals surface area contributed by atoms with E-state index >= 15 is 0 Å². The van der Waals surface area contributed by atoms with Crippen LogP contribution in [-0.4, -0.2) is 32.2 Å². The zero-order valence-corrected chi connectivity index (χ0v) is 12.3. The van der Waals surface area contributed by atoms with Gasteiger partial charge in [0, 0.05) is 11.6 Å². The molecular formula is C15H13N5O3. The van der Waals surface area contributed by atoms with Crippen LogP contribution < -0.4 is 4.74 Å². The Bertz CT molecular complexity index is 832. The molecule has 0 saturated carbocycles. The Morgan fingerprint density at radius 1 is 1.22 bits per heavy atom. The van der Waals surface area contributed by atoms with Gasteiger partial charge in [-0.05, 0) is 16.8 Å².